The van der Waals surface area contributed by atoms with Crippen molar-refractivity contribution in [2.24, 2.45) is 0 Å². The molecule has 0 bridgehead atoms. The molecule has 0 saturated carbocycles. The van der Waals surface area contributed by atoms with E-state index in [0.717, 1.165) is 24.8 Å². The van der Waals surface area contributed by atoms with Crippen molar-refractivity contribution in [1.29, 1.82) is 0 Å². The van der Waals surface area contributed by atoms with E-state index in [1.54, 1.807) is 0 Å². The van der Waals surface area contributed by atoms with Crippen LogP contribution in [0.2, 0.25) is 0 Å². The molecule has 144 valence electrons. The Bertz CT molecular complexity index is 838. The molecule has 0 spiro atoms. The lowest BCUT2D eigenvalue weighted by molar-refractivity contribution is -0.138. The smallest absolute Gasteiger partial charge is 0.349 e. The van der Waals surface area contributed by atoms with Crippen LogP contribution in [0.15, 0.2) is 24.3 Å². The van der Waals surface area contributed by atoms with Crippen molar-refractivity contribution in [2.45, 2.75) is 44.3 Å². The van der Waals surface area contributed by atoms with E-state index in [1.165, 1.54) is 5.56 Å². The van der Waals surface area contributed by atoms with Gasteiger partial charge in [0.2, 0.25) is 22.0 Å². The number of hydrogen-bond acceptors (Lipinski definition) is 5. The van der Waals surface area contributed by atoms with Crippen molar-refractivity contribution >= 4 is 28.3 Å². The minimum Gasteiger partial charge on any atom is -0.349 e. The van der Waals surface area contributed by atoms with Gasteiger partial charge in [-0.1, -0.05) is 35.6 Å². The minimum atomic E-state index is -4.60. The molecule has 3 rings (SSSR count). The van der Waals surface area contributed by atoms with Gasteiger partial charge < -0.3 is 10.6 Å². The first-order chi connectivity index (χ1) is 12.8. The maximum absolute atomic E-state index is 12.5. The third-order valence-corrected chi connectivity index (χ3v) is 5.08. The highest BCUT2D eigenvalue weighted by atomic mass is 32.1. The highest BCUT2D eigenvalue weighted by Gasteiger charge is 2.35. The highest BCUT2D eigenvalue weighted by molar-refractivity contribution is 7.15. The highest BCUT2D eigenvalue weighted by Crippen LogP contribution is 2.33. The summed E-state index contributed by atoms with van der Waals surface area (Å²) in [6, 6.07) is 7.83. The quantitative estimate of drug-likeness (QED) is 0.808. The van der Waals surface area contributed by atoms with Gasteiger partial charge in [-0.05, 0) is 30.4 Å². The van der Waals surface area contributed by atoms with Gasteiger partial charge in [-0.3, -0.25) is 9.59 Å². The Hall–Kier alpha value is -2.49. The summed E-state index contributed by atoms with van der Waals surface area (Å²) in [6.45, 7) is 0. The van der Waals surface area contributed by atoms with Gasteiger partial charge in [0.05, 0.1) is 6.04 Å². The second-order valence-corrected chi connectivity index (χ2v) is 7.15. The van der Waals surface area contributed by atoms with E-state index in [1.807, 2.05) is 24.3 Å². The standard InChI is InChI=1S/C17H17F3N4O2S/c18-17(19,20)15-23-24-16(27-15)22-14(26)9-8-13(25)21-12-7-3-5-10-4-1-2-6-11(10)12/h1-2,4,6,12H,3,5,7-9H2,(H,21,25)(H,22,24,26)/t12-/m0/s1. The summed E-state index contributed by atoms with van der Waals surface area (Å²) < 4.78 is 37.4. The van der Waals surface area contributed by atoms with Gasteiger partial charge in [0.15, 0.2) is 0 Å². The number of hydrogen-bond donors (Lipinski definition) is 2. The predicted octanol–water partition coefficient (Wildman–Crippen LogP) is 3.47. The zero-order valence-corrected chi connectivity index (χ0v) is 15.0. The lowest BCUT2D eigenvalue weighted by Crippen LogP contribution is -2.31. The van der Waals surface area contributed by atoms with Gasteiger partial charge >= 0.3 is 6.18 Å². The molecule has 6 nitrogen and oxygen atoms in total. The molecule has 1 aliphatic carbocycles. The molecule has 0 aliphatic heterocycles. The average Bonchev–Trinajstić information content (AvgIpc) is 3.09. The van der Waals surface area contributed by atoms with Gasteiger partial charge in [-0.25, -0.2) is 0 Å². The molecule has 2 N–H and O–H groups in total. The van der Waals surface area contributed by atoms with E-state index in [0.29, 0.717) is 0 Å². The van der Waals surface area contributed by atoms with Crippen molar-refractivity contribution in [2.75, 3.05) is 5.32 Å². The normalized spacial score (nSPS) is 16.5. The molecule has 10 heteroatoms. The molecule has 1 heterocycles. The van der Waals surface area contributed by atoms with E-state index >= 15 is 0 Å². The van der Waals surface area contributed by atoms with E-state index in [-0.39, 0.29) is 41.3 Å². The van der Waals surface area contributed by atoms with Crippen molar-refractivity contribution in [1.82, 2.24) is 15.5 Å². The fourth-order valence-corrected chi connectivity index (χ4v) is 3.59. The number of amides is 2. The number of aromatic nitrogens is 2. The molecule has 2 amide bonds. The Morgan fingerprint density at radius 1 is 1.15 bits per heavy atom. The number of halogens is 3. The van der Waals surface area contributed by atoms with Crippen LogP contribution in [-0.2, 0) is 22.2 Å². The molecular weight excluding hydrogens is 381 g/mol. The predicted molar refractivity (Wildman–Crippen MR) is 93.0 cm³/mol. The molecule has 0 unspecified atom stereocenters. The van der Waals surface area contributed by atoms with E-state index in [9.17, 15) is 22.8 Å². The number of nitrogens with zero attached hydrogens (tertiary/aromatic N) is 2. The Labute approximate surface area is 157 Å². The number of anilines is 1. The Kier molecular flexibility index (Phi) is 5.73. The van der Waals surface area contributed by atoms with E-state index < -0.39 is 17.1 Å². The molecular formula is C17H17F3N4O2S. The van der Waals surface area contributed by atoms with Crippen LogP contribution in [0.25, 0.3) is 0 Å². The first-order valence-electron chi connectivity index (χ1n) is 8.40. The van der Waals surface area contributed by atoms with Gasteiger partial charge in [-0.2, -0.15) is 13.2 Å². The molecule has 1 aliphatic rings. The van der Waals surface area contributed by atoms with Gasteiger partial charge in [-0.15, -0.1) is 10.2 Å². The summed E-state index contributed by atoms with van der Waals surface area (Å²) in [7, 11) is 0. The number of fused-ring (bicyclic) bond motifs is 1. The number of carbonyl (C=O) groups excluding carboxylic acids is 2. The average molecular weight is 398 g/mol. The number of alkyl halides is 3. The summed E-state index contributed by atoms with van der Waals surface area (Å²) in [5.41, 5.74) is 2.30. The summed E-state index contributed by atoms with van der Waals surface area (Å²) in [4.78, 5) is 24.0. The monoisotopic (exact) mass is 398 g/mol. The molecule has 0 radical (unpaired) electrons. The first-order valence-corrected chi connectivity index (χ1v) is 9.22. The topological polar surface area (TPSA) is 84.0 Å². The van der Waals surface area contributed by atoms with Gasteiger partial charge in [0, 0.05) is 12.8 Å². The molecule has 2 aromatic rings. The van der Waals surface area contributed by atoms with Crippen molar-refractivity contribution in [3.8, 4) is 0 Å². The Morgan fingerprint density at radius 3 is 2.63 bits per heavy atom. The van der Waals surface area contributed by atoms with Crippen LogP contribution in [0.4, 0.5) is 18.3 Å². The molecule has 0 fully saturated rings. The van der Waals surface area contributed by atoms with Crippen LogP contribution in [0.1, 0.15) is 47.9 Å². The number of benzene rings is 1. The molecule has 27 heavy (non-hydrogen) atoms. The fraction of sp³-hybridized carbons (Fsp3) is 0.412. The number of aryl methyl sites for hydroxylation is 1. The van der Waals surface area contributed by atoms with Crippen LogP contribution < -0.4 is 10.6 Å². The second kappa shape index (κ2) is 8.03. The zero-order chi connectivity index (χ0) is 19.4. The minimum absolute atomic E-state index is 0.0601. The number of carbonyl (C=O) groups is 2. The van der Waals surface area contributed by atoms with Crippen molar-refractivity contribution in [3.05, 3.63) is 40.4 Å². The van der Waals surface area contributed by atoms with Gasteiger partial charge in [0.1, 0.15) is 0 Å². The Balaban J connectivity index is 1.48. The largest absolute Gasteiger partial charge is 0.445 e. The zero-order valence-electron chi connectivity index (χ0n) is 14.2. The van der Waals surface area contributed by atoms with E-state index in [2.05, 4.69) is 20.8 Å². The molecule has 1 aromatic heterocycles. The second-order valence-electron chi connectivity index (χ2n) is 6.17. The lowest BCUT2D eigenvalue weighted by atomic mass is 9.87. The lowest BCUT2D eigenvalue weighted by Gasteiger charge is -2.26. The number of rotatable bonds is 5. The molecule has 1 aromatic carbocycles. The van der Waals surface area contributed by atoms with Crippen LogP contribution in [-0.4, -0.2) is 22.0 Å². The van der Waals surface area contributed by atoms with Crippen molar-refractivity contribution < 1.29 is 22.8 Å². The third kappa shape index (κ3) is 5.03. The summed E-state index contributed by atoms with van der Waals surface area (Å²) in [6.07, 6.45) is -2.03. The van der Waals surface area contributed by atoms with Crippen LogP contribution in [0, 0.1) is 0 Å². The van der Waals surface area contributed by atoms with Crippen LogP contribution >= 0.6 is 11.3 Å². The molecule has 0 saturated heterocycles. The van der Waals surface area contributed by atoms with Gasteiger partial charge in [0.25, 0.3) is 0 Å². The Morgan fingerprint density at radius 2 is 1.89 bits per heavy atom. The summed E-state index contributed by atoms with van der Waals surface area (Å²) in [5, 5.41) is 10.1. The fourth-order valence-electron chi connectivity index (χ4n) is 2.97. The summed E-state index contributed by atoms with van der Waals surface area (Å²) >= 11 is 0.243. The summed E-state index contributed by atoms with van der Waals surface area (Å²) in [5.74, 6) is -0.862. The molecule has 1 atom stereocenters. The third-order valence-electron chi connectivity index (χ3n) is 4.20. The van der Waals surface area contributed by atoms with Crippen LogP contribution in [0.5, 0.6) is 0 Å². The van der Waals surface area contributed by atoms with E-state index in [4.69, 9.17) is 0 Å². The maximum atomic E-state index is 12.5. The first kappa shape index (κ1) is 19.3. The number of nitrogens with one attached hydrogen (secondary N) is 2. The maximum Gasteiger partial charge on any atom is 0.445 e. The van der Waals surface area contributed by atoms with Crippen molar-refractivity contribution in [3.63, 3.8) is 0 Å². The van der Waals surface area contributed by atoms with Crippen LogP contribution in [0.3, 0.4) is 0 Å². The SMILES string of the molecule is O=C(CCC(=O)N[C@H]1CCCc2ccccc21)Nc1nnc(C(F)(F)F)s1.